The van der Waals surface area contributed by atoms with E-state index in [2.05, 4.69) is 74.7 Å². The third kappa shape index (κ3) is 8.06. The van der Waals surface area contributed by atoms with Crippen LogP contribution in [-0.2, 0) is 22.0 Å². The van der Waals surface area contributed by atoms with Crippen molar-refractivity contribution in [3.63, 3.8) is 0 Å². The summed E-state index contributed by atoms with van der Waals surface area (Å²) in [6.45, 7) is 12.4. The first kappa shape index (κ1) is 31.1. The molecule has 0 spiro atoms. The van der Waals surface area contributed by atoms with Crippen LogP contribution in [0.1, 0.15) is 80.6 Å². The molecule has 3 rings (SSSR count). The maximum atomic E-state index is 12.6. The Bertz CT molecular complexity index is 1370. The minimum atomic E-state index is -0.483. The van der Waals surface area contributed by atoms with Crippen LogP contribution >= 0.6 is 22.6 Å². The summed E-state index contributed by atoms with van der Waals surface area (Å²) in [5, 5.41) is 15.0. The summed E-state index contributed by atoms with van der Waals surface area (Å²) in [5.74, 6) is 0.304. The number of nitrogens with one attached hydrogen (secondary N) is 1. The number of esters is 1. The zero-order chi connectivity index (χ0) is 29.7. The summed E-state index contributed by atoms with van der Waals surface area (Å²) < 4.78 is 11.7. The maximum absolute atomic E-state index is 12.6. The lowest BCUT2D eigenvalue weighted by Gasteiger charge is -2.28. The first-order chi connectivity index (χ1) is 18.7. The number of halogens is 1. The Morgan fingerprint density at radius 1 is 0.975 bits per heavy atom. The van der Waals surface area contributed by atoms with Crippen molar-refractivity contribution in [2.75, 3.05) is 7.11 Å². The average molecular weight is 657 g/mol. The van der Waals surface area contributed by atoms with Crippen molar-refractivity contribution in [1.29, 1.82) is 0 Å². The van der Waals surface area contributed by atoms with E-state index in [9.17, 15) is 14.7 Å². The highest BCUT2D eigenvalue weighted by Gasteiger charge is 2.26. The molecule has 0 unspecified atom stereocenters. The highest BCUT2D eigenvalue weighted by molar-refractivity contribution is 14.1. The van der Waals surface area contributed by atoms with Gasteiger partial charge in [0.15, 0.2) is 11.5 Å². The van der Waals surface area contributed by atoms with Crippen LogP contribution in [0.25, 0.3) is 0 Å². The van der Waals surface area contributed by atoms with E-state index in [0.717, 1.165) is 16.7 Å². The predicted octanol–water partition coefficient (Wildman–Crippen LogP) is 6.90. The van der Waals surface area contributed by atoms with Gasteiger partial charge >= 0.3 is 5.97 Å². The van der Waals surface area contributed by atoms with E-state index in [1.165, 1.54) is 13.3 Å². The van der Waals surface area contributed by atoms with Gasteiger partial charge in [0.05, 0.1) is 22.5 Å². The minimum Gasteiger partial charge on any atom is -0.507 e. The van der Waals surface area contributed by atoms with Crippen LogP contribution in [0.2, 0.25) is 0 Å². The fourth-order valence-electron chi connectivity index (χ4n) is 4.11. The summed E-state index contributed by atoms with van der Waals surface area (Å²) in [6, 6.07) is 16.2. The van der Waals surface area contributed by atoms with Crippen LogP contribution in [0.4, 0.5) is 0 Å². The Morgan fingerprint density at radius 2 is 1.57 bits per heavy atom. The standard InChI is InChI=1S/C32H37IN2O5/c1-31(2,3)23-15-20(16-24(28(23)37)32(4,5)6)13-14-27(36)35-34-19-21-17-25(33)29(26(18-21)39-7)40-30(38)22-11-9-8-10-12-22/h8-12,15-19,37H,13-14H2,1-7H3,(H,35,36)/b34-19-. The van der Waals surface area contributed by atoms with Crippen LogP contribution < -0.4 is 14.9 Å². The number of hydrogen-bond acceptors (Lipinski definition) is 6. The van der Waals surface area contributed by atoms with Crippen molar-refractivity contribution in [1.82, 2.24) is 5.43 Å². The Hall–Kier alpha value is -3.40. The minimum absolute atomic E-state index is 0.228. The van der Waals surface area contributed by atoms with Crippen LogP contribution in [0.15, 0.2) is 59.7 Å². The van der Waals surface area contributed by atoms with Gasteiger partial charge in [-0.05, 0) is 86.4 Å². The topological polar surface area (TPSA) is 97.2 Å². The monoisotopic (exact) mass is 656 g/mol. The number of phenolic OH excluding ortho intramolecular Hbond substituents is 1. The molecule has 212 valence electrons. The third-order valence-electron chi connectivity index (χ3n) is 6.29. The summed E-state index contributed by atoms with van der Waals surface area (Å²) in [6.07, 6.45) is 2.27. The van der Waals surface area contributed by atoms with E-state index in [-0.39, 0.29) is 23.2 Å². The molecule has 0 bridgehead atoms. The molecule has 1 amide bonds. The van der Waals surface area contributed by atoms with Crippen LogP contribution in [0, 0.1) is 3.57 Å². The molecule has 3 aromatic carbocycles. The van der Waals surface area contributed by atoms with Crippen molar-refractivity contribution in [3.8, 4) is 17.2 Å². The quantitative estimate of drug-likeness (QED) is 0.0904. The fourth-order valence-corrected chi connectivity index (χ4v) is 4.85. The number of carbonyl (C=O) groups is 2. The zero-order valence-electron chi connectivity index (χ0n) is 24.1. The zero-order valence-corrected chi connectivity index (χ0v) is 26.3. The van der Waals surface area contributed by atoms with Gasteiger partial charge in [-0.2, -0.15) is 5.10 Å². The number of carbonyl (C=O) groups excluding carboxylic acids is 2. The Balaban J connectivity index is 1.68. The summed E-state index contributed by atoms with van der Waals surface area (Å²) in [7, 11) is 1.49. The van der Waals surface area contributed by atoms with Crippen molar-refractivity contribution >= 4 is 40.7 Å². The lowest BCUT2D eigenvalue weighted by molar-refractivity contribution is -0.121. The van der Waals surface area contributed by atoms with Gasteiger partial charge in [-0.1, -0.05) is 71.9 Å². The molecule has 0 saturated heterocycles. The second-order valence-corrected chi connectivity index (χ2v) is 12.8. The lowest BCUT2D eigenvalue weighted by atomic mass is 9.78. The first-order valence-corrected chi connectivity index (χ1v) is 14.1. The number of methoxy groups -OCH3 is 1. The van der Waals surface area contributed by atoms with E-state index in [1.54, 1.807) is 36.4 Å². The molecular formula is C32H37IN2O5. The molecule has 0 fully saturated rings. The van der Waals surface area contributed by atoms with E-state index in [4.69, 9.17) is 9.47 Å². The van der Waals surface area contributed by atoms with Crippen molar-refractivity contribution in [2.24, 2.45) is 5.10 Å². The Morgan fingerprint density at radius 3 is 2.12 bits per heavy atom. The van der Waals surface area contributed by atoms with Crippen molar-refractivity contribution in [3.05, 3.63) is 86.0 Å². The molecule has 0 saturated carbocycles. The number of ether oxygens (including phenoxy) is 2. The summed E-state index contributed by atoms with van der Waals surface area (Å²) in [5.41, 5.74) is 5.95. The predicted molar refractivity (Wildman–Crippen MR) is 167 cm³/mol. The molecule has 0 aliphatic rings. The SMILES string of the molecule is COc1cc(/C=N\NC(=O)CCc2cc(C(C)(C)C)c(O)c(C(C)(C)C)c2)cc(I)c1OC(=O)c1ccccc1. The van der Waals surface area contributed by atoms with Crippen molar-refractivity contribution < 1.29 is 24.2 Å². The second-order valence-electron chi connectivity index (χ2n) is 11.6. The van der Waals surface area contributed by atoms with Gasteiger partial charge < -0.3 is 14.6 Å². The number of aromatic hydroxyl groups is 1. The number of hydrogen-bond donors (Lipinski definition) is 2. The van der Waals surface area contributed by atoms with E-state index in [0.29, 0.717) is 38.4 Å². The average Bonchev–Trinajstić information content (AvgIpc) is 2.88. The smallest absolute Gasteiger partial charge is 0.343 e. The van der Waals surface area contributed by atoms with E-state index >= 15 is 0 Å². The molecule has 0 atom stereocenters. The normalized spacial score (nSPS) is 11.9. The van der Waals surface area contributed by atoms with Gasteiger partial charge in [-0.15, -0.1) is 0 Å². The number of nitrogens with zero attached hydrogens (tertiary/aromatic N) is 1. The molecule has 0 radical (unpaired) electrons. The van der Waals surface area contributed by atoms with E-state index in [1.807, 2.05) is 18.2 Å². The van der Waals surface area contributed by atoms with Crippen LogP contribution in [0.5, 0.6) is 17.2 Å². The number of phenols is 1. The molecule has 2 N–H and O–H groups in total. The number of hydrazone groups is 1. The van der Waals surface area contributed by atoms with Crippen molar-refractivity contribution in [2.45, 2.75) is 65.2 Å². The Kier molecular flexibility index (Phi) is 10.00. The van der Waals surface area contributed by atoms with Gasteiger partial charge in [-0.3, -0.25) is 4.79 Å². The second kappa shape index (κ2) is 12.8. The van der Waals surface area contributed by atoms with Crippen LogP contribution in [-0.4, -0.2) is 30.3 Å². The first-order valence-electron chi connectivity index (χ1n) is 13.0. The maximum Gasteiger partial charge on any atom is 0.343 e. The summed E-state index contributed by atoms with van der Waals surface area (Å²) >= 11 is 2.07. The molecule has 8 heteroatoms. The Labute approximate surface area is 250 Å². The number of rotatable bonds is 8. The molecule has 3 aromatic rings. The molecule has 0 aliphatic carbocycles. The van der Waals surface area contributed by atoms with Gasteiger partial charge in [0, 0.05) is 6.42 Å². The highest BCUT2D eigenvalue weighted by atomic mass is 127. The molecule has 7 nitrogen and oxygen atoms in total. The molecule has 40 heavy (non-hydrogen) atoms. The molecular weight excluding hydrogens is 619 g/mol. The summed E-state index contributed by atoms with van der Waals surface area (Å²) in [4.78, 5) is 25.1. The number of benzene rings is 3. The third-order valence-corrected chi connectivity index (χ3v) is 7.09. The van der Waals surface area contributed by atoms with Gasteiger partial charge in [0.1, 0.15) is 5.75 Å². The largest absolute Gasteiger partial charge is 0.507 e. The van der Waals surface area contributed by atoms with Gasteiger partial charge in [0.25, 0.3) is 0 Å². The fraction of sp³-hybridized carbons (Fsp3) is 0.344. The van der Waals surface area contributed by atoms with Gasteiger partial charge in [-0.25, -0.2) is 10.2 Å². The number of aryl methyl sites for hydroxylation is 1. The van der Waals surface area contributed by atoms with Gasteiger partial charge in [0.2, 0.25) is 5.91 Å². The molecule has 0 aromatic heterocycles. The molecule has 0 aliphatic heterocycles. The lowest BCUT2D eigenvalue weighted by Crippen LogP contribution is -2.20. The van der Waals surface area contributed by atoms with Crippen LogP contribution in [0.3, 0.4) is 0 Å². The number of amides is 1. The van der Waals surface area contributed by atoms with E-state index < -0.39 is 5.97 Å². The highest BCUT2D eigenvalue weighted by Crippen LogP contribution is 2.40. The molecule has 0 heterocycles.